The van der Waals surface area contributed by atoms with E-state index in [4.69, 9.17) is 4.74 Å². The second-order valence-corrected chi connectivity index (χ2v) is 6.05. The number of aliphatic carboxylic acids is 1. The predicted octanol–water partition coefficient (Wildman–Crippen LogP) is 0.993. The first-order chi connectivity index (χ1) is 11.2. The van der Waals surface area contributed by atoms with Crippen LogP contribution in [0.15, 0.2) is 30.3 Å². The molecule has 0 radical (unpaired) electrons. The minimum Gasteiger partial charge on any atom is -0.481 e. The van der Waals surface area contributed by atoms with Crippen LogP contribution in [0.4, 0.5) is 0 Å². The lowest BCUT2D eigenvalue weighted by atomic mass is 9.94. The van der Waals surface area contributed by atoms with E-state index in [-0.39, 0.29) is 18.4 Å². The Morgan fingerprint density at radius 1 is 1.17 bits per heavy atom. The zero-order valence-corrected chi connectivity index (χ0v) is 13.1. The minimum absolute atomic E-state index is 0.0699. The summed E-state index contributed by atoms with van der Waals surface area (Å²) in [5.41, 5.74) is 0.896. The molecule has 1 N–H and O–H groups in total. The molecule has 0 unspecified atom stereocenters. The van der Waals surface area contributed by atoms with Crippen LogP contribution in [0.25, 0.3) is 0 Å². The molecule has 3 rings (SSSR count). The van der Waals surface area contributed by atoms with Crippen molar-refractivity contribution in [3.63, 3.8) is 0 Å². The third-order valence-corrected chi connectivity index (χ3v) is 4.65. The second-order valence-electron chi connectivity index (χ2n) is 6.05. The molecule has 0 spiro atoms. The standard InChI is InChI=1S/C17H22N2O4/c20-15-12-14(17(21)22)16(13-4-2-1-3-5-13)19(15)7-6-18-8-10-23-11-9-18/h1-5,14,16H,6-12H2,(H,21,22)/t14-,16-/m1/s1. The number of morpholine rings is 1. The Kier molecular flexibility index (Phi) is 4.93. The summed E-state index contributed by atoms with van der Waals surface area (Å²) >= 11 is 0. The number of hydrogen-bond donors (Lipinski definition) is 1. The summed E-state index contributed by atoms with van der Waals surface area (Å²) in [6, 6.07) is 9.10. The number of rotatable bonds is 5. The normalized spacial score (nSPS) is 25.7. The maximum Gasteiger partial charge on any atom is 0.309 e. The highest BCUT2D eigenvalue weighted by Crippen LogP contribution is 2.38. The summed E-state index contributed by atoms with van der Waals surface area (Å²) in [6.45, 7) is 4.47. The minimum atomic E-state index is -0.902. The molecule has 1 aromatic carbocycles. The number of amides is 1. The van der Waals surface area contributed by atoms with Crippen LogP contribution >= 0.6 is 0 Å². The number of carbonyl (C=O) groups excluding carboxylic acids is 1. The number of nitrogens with zero attached hydrogens (tertiary/aromatic N) is 2. The van der Waals surface area contributed by atoms with E-state index in [1.54, 1.807) is 4.90 Å². The van der Waals surface area contributed by atoms with E-state index in [1.807, 2.05) is 30.3 Å². The number of hydrogen-bond acceptors (Lipinski definition) is 4. The number of carboxylic acid groups (broad SMARTS) is 1. The molecule has 2 fully saturated rings. The number of benzene rings is 1. The van der Waals surface area contributed by atoms with Gasteiger partial charge in [-0.1, -0.05) is 30.3 Å². The monoisotopic (exact) mass is 318 g/mol. The molecule has 2 heterocycles. The summed E-state index contributed by atoms with van der Waals surface area (Å²) in [5.74, 6) is -1.64. The maximum atomic E-state index is 12.4. The van der Waals surface area contributed by atoms with Crippen LogP contribution in [0.1, 0.15) is 18.0 Å². The number of carboxylic acids is 1. The van der Waals surface area contributed by atoms with E-state index in [9.17, 15) is 14.7 Å². The molecule has 0 saturated carbocycles. The van der Waals surface area contributed by atoms with Gasteiger partial charge in [-0.25, -0.2) is 0 Å². The first kappa shape index (κ1) is 16.0. The third-order valence-electron chi connectivity index (χ3n) is 4.65. The van der Waals surface area contributed by atoms with E-state index < -0.39 is 11.9 Å². The lowest BCUT2D eigenvalue weighted by Gasteiger charge is -2.32. The fraction of sp³-hybridized carbons (Fsp3) is 0.529. The Bertz CT molecular complexity index is 557. The van der Waals surface area contributed by atoms with Gasteiger partial charge in [0.2, 0.25) is 5.91 Å². The lowest BCUT2D eigenvalue weighted by Crippen LogP contribution is -2.42. The van der Waals surface area contributed by atoms with Gasteiger partial charge < -0.3 is 14.7 Å². The molecule has 0 aliphatic carbocycles. The molecular weight excluding hydrogens is 296 g/mol. The van der Waals surface area contributed by atoms with Crippen molar-refractivity contribution in [2.24, 2.45) is 5.92 Å². The van der Waals surface area contributed by atoms with Crippen LogP contribution < -0.4 is 0 Å². The smallest absolute Gasteiger partial charge is 0.309 e. The van der Waals surface area contributed by atoms with Crippen LogP contribution in [0.5, 0.6) is 0 Å². The van der Waals surface area contributed by atoms with Crippen LogP contribution in [0.2, 0.25) is 0 Å². The third kappa shape index (κ3) is 3.54. The molecule has 124 valence electrons. The lowest BCUT2D eigenvalue weighted by molar-refractivity contribution is -0.142. The fourth-order valence-electron chi connectivity index (χ4n) is 3.41. The zero-order valence-electron chi connectivity index (χ0n) is 13.1. The van der Waals surface area contributed by atoms with Crippen molar-refractivity contribution in [1.29, 1.82) is 0 Å². The van der Waals surface area contributed by atoms with Crippen LogP contribution in [0.3, 0.4) is 0 Å². The van der Waals surface area contributed by atoms with Gasteiger partial charge in [0.25, 0.3) is 0 Å². The highest BCUT2D eigenvalue weighted by molar-refractivity contribution is 5.87. The fourth-order valence-corrected chi connectivity index (χ4v) is 3.41. The maximum absolute atomic E-state index is 12.4. The van der Waals surface area contributed by atoms with E-state index in [0.29, 0.717) is 19.8 Å². The SMILES string of the molecule is O=C(O)[C@@H]1CC(=O)N(CCN2CCOCC2)[C@@H]1c1ccccc1. The highest BCUT2D eigenvalue weighted by Gasteiger charge is 2.44. The average molecular weight is 318 g/mol. The molecule has 2 saturated heterocycles. The molecule has 1 aromatic rings. The van der Waals surface area contributed by atoms with Crippen molar-refractivity contribution in [2.45, 2.75) is 12.5 Å². The van der Waals surface area contributed by atoms with Crippen molar-refractivity contribution in [3.05, 3.63) is 35.9 Å². The van der Waals surface area contributed by atoms with Gasteiger partial charge in [-0.15, -0.1) is 0 Å². The van der Waals surface area contributed by atoms with E-state index in [1.165, 1.54) is 0 Å². The Labute approximate surface area is 135 Å². The first-order valence-corrected chi connectivity index (χ1v) is 8.04. The molecule has 6 heteroatoms. The molecule has 2 aliphatic rings. The highest BCUT2D eigenvalue weighted by atomic mass is 16.5. The van der Waals surface area contributed by atoms with Crippen LogP contribution in [-0.4, -0.2) is 66.2 Å². The Morgan fingerprint density at radius 2 is 1.87 bits per heavy atom. The Morgan fingerprint density at radius 3 is 2.52 bits per heavy atom. The van der Waals surface area contributed by atoms with Gasteiger partial charge in [0.1, 0.15) is 0 Å². The van der Waals surface area contributed by atoms with Gasteiger partial charge >= 0.3 is 5.97 Å². The van der Waals surface area contributed by atoms with Gasteiger partial charge in [-0.2, -0.15) is 0 Å². The van der Waals surface area contributed by atoms with Gasteiger partial charge in [0.15, 0.2) is 0 Å². The van der Waals surface area contributed by atoms with Crippen molar-refractivity contribution >= 4 is 11.9 Å². The molecular formula is C17H22N2O4. The summed E-state index contributed by atoms with van der Waals surface area (Å²) < 4.78 is 5.33. The van der Waals surface area contributed by atoms with Crippen molar-refractivity contribution in [3.8, 4) is 0 Å². The van der Waals surface area contributed by atoms with Crippen LogP contribution in [0, 0.1) is 5.92 Å². The van der Waals surface area contributed by atoms with Crippen molar-refractivity contribution < 1.29 is 19.4 Å². The average Bonchev–Trinajstić information content (AvgIpc) is 2.91. The van der Waals surface area contributed by atoms with Gasteiger partial charge in [0.05, 0.1) is 25.2 Å². The number of carbonyl (C=O) groups is 2. The van der Waals surface area contributed by atoms with Gasteiger partial charge in [-0.3, -0.25) is 14.5 Å². The Balaban J connectivity index is 1.75. The molecule has 23 heavy (non-hydrogen) atoms. The van der Waals surface area contributed by atoms with Gasteiger partial charge in [-0.05, 0) is 5.56 Å². The largest absolute Gasteiger partial charge is 0.481 e. The zero-order chi connectivity index (χ0) is 16.2. The van der Waals surface area contributed by atoms with E-state index >= 15 is 0 Å². The summed E-state index contributed by atoms with van der Waals surface area (Å²) in [4.78, 5) is 27.9. The summed E-state index contributed by atoms with van der Waals surface area (Å²) in [5, 5.41) is 9.49. The first-order valence-electron chi connectivity index (χ1n) is 8.04. The molecule has 0 aromatic heterocycles. The summed E-state index contributed by atoms with van der Waals surface area (Å²) in [7, 11) is 0. The number of likely N-dealkylation sites (tertiary alicyclic amines) is 1. The van der Waals surface area contributed by atoms with Crippen LogP contribution in [-0.2, 0) is 14.3 Å². The van der Waals surface area contributed by atoms with Gasteiger partial charge in [0, 0.05) is 32.6 Å². The number of ether oxygens (including phenoxy) is 1. The Hall–Kier alpha value is -1.92. The van der Waals surface area contributed by atoms with Crippen molar-refractivity contribution in [1.82, 2.24) is 9.80 Å². The molecule has 0 bridgehead atoms. The second kappa shape index (κ2) is 7.10. The van der Waals surface area contributed by atoms with Crippen molar-refractivity contribution in [2.75, 3.05) is 39.4 Å². The topological polar surface area (TPSA) is 70.1 Å². The quantitative estimate of drug-likeness (QED) is 0.877. The molecule has 1 amide bonds. The molecule has 2 atom stereocenters. The predicted molar refractivity (Wildman–Crippen MR) is 83.9 cm³/mol. The van der Waals surface area contributed by atoms with E-state index in [0.717, 1.165) is 25.2 Å². The summed E-state index contributed by atoms with van der Waals surface area (Å²) in [6.07, 6.45) is 0.0814. The van der Waals surface area contributed by atoms with E-state index in [2.05, 4.69) is 4.90 Å². The molecule has 6 nitrogen and oxygen atoms in total. The molecule has 2 aliphatic heterocycles.